The molecule has 2 aromatic rings. The highest BCUT2D eigenvalue weighted by Gasteiger charge is 2.36. The van der Waals surface area contributed by atoms with Crippen LogP contribution in [0.2, 0.25) is 0 Å². The number of pyridine rings is 1. The fourth-order valence-corrected chi connectivity index (χ4v) is 4.16. The van der Waals surface area contributed by atoms with Crippen molar-refractivity contribution in [2.45, 2.75) is 64.0 Å². The number of hydrogen-bond acceptors (Lipinski definition) is 5. The van der Waals surface area contributed by atoms with Crippen LogP contribution in [-0.4, -0.2) is 28.0 Å². The first-order valence-electron chi connectivity index (χ1n) is 9.09. The lowest BCUT2D eigenvalue weighted by molar-refractivity contribution is 0.0983. The number of nitrogens with zero attached hydrogens (tertiary/aromatic N) is 3. The summed E-state index contributed by atoms with van der Waals surface area (Å²) in [5.41, 5.74) is 1.58. The minimum Gasteiger partial charge on any atom is -0.474 e. The Balaban J connectivity index is 1.53. The maximum Gasteiger partial charge on any atom is 0.260 e. The summed E-state index contributed by atoms with van der Waals surface area (Å²) in [7, 11) is 0. The fourth-order valence-electron chi connectivity index (χ4n) is 3.29. The van der Waals surface area contributed by atoms with Gasteiger partial charge >= 0.3 is 0 Å². The molecule has 0 radical (unpaired) electrons. The topological polar surface area (TPSA) is 55.3 Å². The molecule has 25 heavy (non-hydrogen) atoms. The van der Waals surface area contributed by atoms with Gasteiger partial charge in [-0.25, -0.2) is 9.97 Å². The molecule has 0 bridgehead atoms. The first-order chi connectivity index (χ1) is 12.2. The van der Waals surface area contributed by atoms with Crippen LogP contribution in [0.3, 0.4) is 0 Å². The average molecular weight is 357 g/mol. The number of amides is 1. The molecule has 0 N–H and O–H groups in total. The van der Waals surface area contributed by atoms with Crippen LogP contribution in [0, 0.1) is 6.92 Å². The van der Waals surface area contributed by atoms with Crippen molar-refractivity contribution in [2.75, 3.05) is 4.90 Å². The largest absolute Gasteiger partial charge is 0.474 e. The Morgan fingerprint density at radius 1 is 1.24 bits per heavy atom. The van der Waals surface area contributed by atoms with Gasteiger partial charge in [-0.15, -0.1) is 11.3 Å². The fraction of sp³-hybridized carbons (Fsp3) is 0.526. The van der Waals surface area contributed by atoms with Crippen LogP contribution in [0.15, 0.2) is 23.7 Å². The van der Waals surface area contributed by atoms with E-state index in [2.05, 4.69) is 9.97 Å². The van der Waals surface area contributed by atoms with Gasteiger partial charge in [-0.05, 0) is 51.5 Å². The number of rotatable bonds is 5. The third-order valence-corrected chi connectivity index (χ3v) is 5.72. The summed E-state index contributed by atoms with van der Waals surface area (Å²) in [4.78, 5) is 23.8. The molecule has 2 heterocycles. The lowest BCUT2D eigenvalue weighted by Crippen LogP contribution is -2.33. The Morgan fingerprint density at radius 2 is 2.04 bits per heavy atom. The molecule has 0 aromatic carbocycles. The lowest BCUT2D eigenvalue weighted by atomic mass is 9.98. The molecular weight excluding hydrogens is 334 g/mol. The molecule has 132 valence electrons. The predicted molar refractivity (Wildman–Crippen MR) is 98.4 cm³/mol. The van der Waals surface area contributed by atoms with Gasteiger partial charge in [-0.1, -0.05) is 6.42 Å². The van der Waals surface area contributed by atoms with Crippen molar-refractivity contribution in [3.05, 3.63) is 35.0 Å². The van der Waals surface area contributed by atoms with Crippen LogP contribution >= 0.6 is 11.3 Å². The third-order valence-electron chi connectivity index (χ3n) is 4.77. The van der Waals surface area contributed by atoms with Gasteiger partial charge in [0.1, 0.15) is 6.10 Å². The van der Waals surface area contributed by atoms with Gasteiger partial charge < -0.3 is 4.74 Å². The Hall–Kier alpha value is -1.95. The molecule has 2 fully saturated rings. The molecule has 2 aliphatic rings. The van der Waals surface area contributed by atoms with Crippen molar-refractivity contribution in [3.8, 4) is 5.88 Å². The van der Waals surface area contributed by atoms with Crippen LogP contribution in [0.5, 0.6) is 5.88 Å². The van der Waals surface area contributed by atoms with Gasteiger partial charge in [0.2, 0.25) is 5.88 Å². The number of aryl methyl sites for hydroxylation is 1. The second-order valence-corrected chi connectivity index (χ2v) is 7.77. The molecule has 4 rings (SSSR count). The minimum atomic E-state index is -0.00672. The van der Waals surface area contributed by atoms with E-state index in [9.17, 15) is 4.79 Å². The Bertz CT molecular complexity index is 751. The number of anilines is 1. The summed E-state index contributed by atoms with van der Waals surface area (Å²) in [6.07, 6.45) is 9.84. The molecule has 1 amide bonds. The van der Waals surface area contributed by atoms with E-state index in [0.29, 0.717) is 11.4 Å². The summed E-state index contributed by atoms with van der Waals surface area (Å²) < 4.78 is 6.02. The van der Waals surface area contributed by atoms with Crippen LogP contribution in [0.4, 0.5) is 5.13 Å². The van der Waals surface area contributed by atoms with Crippen LogP contribution in [0.1, 0.15) is 61.0 Å². The third kappa shape index (κ3) is 3.84. The maximum atomic E-state index is 13.1. The van der Waals surface area contributed by atoms with Crippen LogP contribution in [-0.2, 0) is 0 Å². The maximum absolute atomic E-state index is 13.1. The van der Waals surface area contributed by atoms with Crippen molar-refractivity contribution in [1.29, 1.82) is 0 Å². The molecule has 2 aromatic heterocycles. The summed E-state index contributed by atoms with van der Waals surface area (Å²) >= 11 is 1.53. The normalized spacial score (nSPS) is 18.1. The molecule has 2 aliphatic carbocycles. The molecule has 6 heteroatoms. The second kappa shape index (κ2) is 7.12. The molecule has 2 saturated carbocycles. The van der Waals surface area contributed by atoms with Gasteiger partial charge in [-0.2, -0.15) is 0 Å². The molecule has 0 aliphatic heterocycles. The van der Waals surface area contributed by atoms with Crippen molar-refractivity contribution in [2.24, 2.45) is 0 Å². The predicted octanol–water partition coefficient (Wildman–Crippen LogP) is 4.37. The Labute approximate surface area is 152 Å². The highest BCUT2D eigenvalue weighted by Crippen LogP contribution is 2.35. The quantitative estimate of drug-likeness (QED) is 0.797. The smallest absolute Gasteiger partial charge is 0.260 e. The molecule has 0 saturated heterocycles. The standard InChI is InChI=1S/C19H23N3O2S/c1-13-12-25-19(21-13)22(15-7-8-15)18(23)14-9-10-20-17(11-14)24-16-5-3-2-4-6-16/h9-12,15-16H,2-8H2,1H3. The zero-order valence-electron chi connectivity index (χ0n) is 14.5. The van der Waals surface area contributed by atoms with Gasteiger partial charge in [0.05, 0.1) is 5.69 Å². The lowest BCUT2D eigenvalue weighted by Gasteiger charge is -2.23. The zero-order chi connectivity index (χ0) is 17.2. The average Bonchev–Trinajstić information content (AvgIpc) is 3.37. The molecule has 0 unspecified atom stereocenters. The Kier molecular flexibility index (Phi) is 4.70. The number of aromatic nitrogens is 2. The van der Waals surface area contributed by atoms with E-state index in [4.69, 9.17) is 4.74 Å². The zero-order valence-corrected chi connectivity index (χ0v) is 15.3. The van der Waals surface area contributed by atoms with E-state index >= 15 is 0 Å². The van der Waals surface area contributed by atoms with Gasteiger partial charge in [0.15, 0.2) is 5.13 Å². The van der Waals surface area contributed by atoms with Gasteiger partial charge in [-0.3, -0.25) is 9.69 Å². The van der Waals surface area contributed by atoms with Crippen molar-refractivity contribution < 1.29 is 9.53 Å². The SMILES string of the molecule is Cc1csc(N(C(=O)c2ccnc(OC3CCCCC3)c2)C2CC2)n1. The van der Waals surface area contributed by atoms with Crippen LogP contribution < -0.4 is 9.64 Å². The summed E-state index contributed by atoms with van der Waals surface area (Å²) in [5.74, 6) is 0.552. The number of hydrogen-bond donors (Lipinski definition) is 0. The van der Waals surface area contributed by atoms with E-state index in [1.165, 1.54) is 30.6 Å². The number of ether oxygens (including phenoxy) is 1. The molecule has 5 nitrogen and oxygen atoms in total. The summed E-state index contributed by atoms with van der Waals surface area (Å²) in [6.45, 7) is 1.96. The highest BCUT2D eigenvalue weighted by molar-refractivity contribution is 7.14. The second-order valence-electron chi connectivity index (χ2n) is 6.94. The van der Waals surface area contributed by atoms with E-state index in [1.807, 2.05) is 17.2 Å². The van der Waals surface area contributed by atoms with Crippen molar-refractivity contribution in [1.82, 2.24) is 9.97 Å². The number of carbonyl (C=O) groups is 1. The van der Waals surface area contributed by atoms with Gasteiger partial charge in [0.25, 0.3) is 5.91 Å². The minimum absolute atomic E-state index is 0.00672. The number of thiazole rings is 1. The van der Waals surface area contributed by atoms with E-state index in [-0.39, 0.29) is 18.1 Å². The molecule has 0 atom stereocenters. The molecule has 0 spiro atoms. The first-order valence-corrected chi connectivity index (χ1v) is 9.97. The van der Waals surface area contributed by atoms with Crippen LogP contribution in [0.25, 0.3) is 0 Å². The Morgan fingerprint density at radius 3 is 2.72 bits per heavy atom. The van der Waals surface area contributed by atoms with E-state index in [0.717, 1.165) is 36.5 Å². The van der Waals surface area contributed by atoms with Crippen molar-refractivity contribution in [3.63, 3.8) is 0 Å². The summed E-state index contributed by atoms with van der Waals surface area (Å²) in [5, 5.41) is 2.78. The van der Waals surface area contributed by atoms with E-state index in [1.54, 1.807) is 18.3 Å². The summed E-state index contributed by atoms with van der Waals surface area (Å²) in [6, 6.07) is 3.83. The molecular formula is C19H23N3O2S. The van der Waals surface area contributed by atoms with Gasteiger partial charge in [0, 0.05) is 29.2 Å². The number of carbonyl (C=O) groups excluding carboxylic acids is 1. The monoisotopic (exact) mass is 357 g/mol. The van der Waals surface area contributed by atoms with E-state index < -0.39 is 0 Å². The first kappa shape index (κ1) is 16.5. The highest BCUT2D eigenvalue weighted by atomic mass is 32.1. The van der Waals surface area contributed by atoms with Crippen molar-refractivity contribution >= 4 is 22.4 Å².